The van der Waals surface area contributed by atoms with Gasteiger partial charge in [-0.25, -0.2) is 4.79 Å². The van der Waals surface area contributed by atoms with Crippen LogP contribution in [0.5, 0.6) is 11.5 Å². The van der Waals surface area contributed by atoms with Gasteiger partial charge in [0, 0.05) is 22.7 Å². The highest BCUT2D eigenvalue weighted by Gasteiger charge is 2.09. The van der Waals surface area contributed by atoms with Crippen LogP contribution in [0, 0.1) is 0 Å². The molecule has 2 amide bonds. The number of anilines is 1. The van der Waals surface area contributed by atoms with E-state index in [0.29, 0.717) is 40.2 Å². The van der Waals surface area contributed by atoms with Gasteiger partial charge >= 0.3 is 6.03 Å². The van der Waals surface area contributed by atoms with Crippen LogP contribution >= 0.6 is 23.2 Å². The summed E-state index contributed by atoms with van der Waals surface area (Å²) in [5, 5.41) is 6.68. The number of ether oxygens (including phenoxy) is 2. The van der Waals surface area contributed by atoms with Crippen molar-refractivity contribution < 1.29 is 14.3 Å². The second-order valence-electron chi connectivity index (χ2n) is 4.93. The second kappa shape index (κ2) is 8.66. The van der Waals surface area contributed by atoms with Gasteiger partial charge in [-0.05, 0) is 36.2 Å². The van der Waals surface area contributed by atoms with E-state index in [4.69, 9.17) is 32.7 Å². The topological polar surface area (TPSA) is 59.6 Å². The Kier molecular flexibility index (Phi) is 6.58. The number of rotatable bonds is 6. The second-order valence-corrected chi connectivity index (χ2v) is 5.78. The third kappa shape index (κ3) is 4.94. The molecule has 5 nitrogen and oxygen atoms in total. The van der Waals surface area contributed by atoms with Crippen molar-refractivity contribution in [3.8, 4) is 11.5 Å². The van der Waals surface area contributed by atoms with E-state index in [-0.39, 0.29) is 6.03 Å². The molecule has 2 rings (SSSR count). The molecular formula is C17H18Cl2N2O3. The lowest BCUT2D eigenvalue weighted by Crippen LogP contribution is -2.30. The first-order chi connectivity index (χ1) is 11.5. The van der Waals surface area contributed by atoms with Gasteiger partial charge in [-0.1, -0.05) is 29.3 Å². The third-order valence-corrected chi connectivity index (χ3v) is 3.94. The van der Waals surface area contributed by atoms with E-state index in [1.54, 1.807) is 37.4 Å². The normalized spacial score (nSPS) is 10.2. The smallest absolute Gasteiger partial charge is 0.319 e. The zero-order chi connectivity index (χ0) is 17.5. The minimum atomic E-state index is -0.330. The molecule has 0 fully saturated rings. The van der Waals surface area contributed by atoms with Crippen molar-refractivity contribution >= 4 is 34.9 Å². The number of hydrogen-bond acceptors (Lipinski definition) is 3. The molecular weight excluding hydrogens is 351 g/mol. The summed E-state index contributed by atoms with van der Waals surface area (Å²) in [4.78, 5) is 12.0. The molecule has 0 aliphatic carbocycles. The summed E-state index contributed by atoms with van der Waals surface area (Å²) in [7, 11) is 3.09. The molecule has 0 spiro atoms. The molecule has 0 radical (unpaired) electrons. The van der Waals surface area contributed by atoms with E-state index in [9.17, 15) is 4.79 Å². The number of urea groups is 1. The molecule has 24 heavy (non-hydrogen) atoms. The molecule has 128 valence electrons. The maximum absolute atomic E-state index is 12.0. The van der Waals surface area contributed by atoms with Crippen LogP contribution in [0.3, 0.4) is 0 Å². The molecule has 0 saturated carbocycles. The van der Waals surface area contributed by atoms with E-state index >= 15 is 0 Å². The number of methoxy groups -OCH3 is 2. The SMILES string of the molecule is COc1ccc(NC(=O)NCCc2ccc(Cl)cc2Cl)c(OC)c1. The minimum absolute atomic E-state index is 0.330. The van der Waals surface area contributed by atoms with Gasteiger partial charge in [0.05, 0.1) is 19.9 Å². The zero-order valence-electron chi connectivity index (χ0n) is 13.4. The van der Waals surface area contributed by atoms with Gasteiger partial charge in [-0.3, -0.25) is 0 Å². The standard InChI is InChI=1S/C17H18Cl2N2O3/c1-23-13-5-6-15(16(10-13)24-2)21-17(22)20-8-7-11-3-4-12(18)9-14(11)19/h3-6,9-10H,7-8H2,1-2H3,(H2,20,21,22). The van der Waals surface area contributed by atoms with Crippen molar-refractivity contribution in [2.24, 2.45) is 0 Å². The first-order valence-corrected chi connectivity index (χ1v) is 8.00. The quantitative estimate of drug-likeness (QED) is 0.795. The largest absolute Gasteiger partial charge is 0.497 e. The molecule has 0 aromatic heterocycles. The molecule has 2 N–H and O–H groups in total. The molecule has 0 atom stereocenters. The van der Waals surface area contributed by atoms with E-state index in [1.807, 2.05) is 6.07 Å². The molecule has 0 aliphatic heterocycles. The molecule has 2 aromatic rings. The highest BCUT2D eigenvalue weighted by atomic mass is 35.5. The van der Waals surface area contributed by atoms with E-state index in [0.717, 1.165) is 5.56 Å². The molecule has 0 saturated heterocycles. The number of carbonyl (C=O) groups excluding carboxylic acids is 1. The Labute approximate surface area is 150 Å². The molecule has 0 bridgehead atoms. The number of amides is 2. The Bertz CT molecular complexity index is 723. The van der Waals surface area contributed by atoms with Gasteiger partial charge in [0.15, 0.2) is 0 Å². The Balaban J connectivity index is 1.89. The number of benzene rings is 2. The maximum atomic E-state index is 12.0. The lowest BCUT2D eigenvalue weighted by molar-refractivity contribution is 0.252. The lowest BCUT2D eigenvalue weighted by atomic mass is 10.1. The number of halogens is 2. The number of nitrogens with one attached hydrogen (secondary N) is 2. The van der Waals surface area contributed by atoms with E-state index in [1.165, 1.54) is 7.11 Å². The Morgan fingerprint density at radius 2 is 1.88 bits per heavy atom. The van der Waals surface area contributed by atoms with Gasteiger partial charge in [-0.2, -0.15) is 0 Å². The van der Waals surface area contributed by atoms with Crippen molar-refractivity contribution in [2.75, 3.05) is 26.1 Å². The average molecular weight is 369 g/mol. The lowest BCUT2D eigenvalue weighted by Gasteiger charge is -2.12. The summed E-state index contributed by atoms with van der Waals surface area (Å²) in [6.45, 7) is 0.436. The van der Waals surface area contributed by atoms with Crippen molar-refractivity contribution in [2.45, 2.75) is 6.42 Å². The number of hydrogen-bond donors (Lipinski definition) is 2. The molecule has 0 heterocycles. The summed E-state index contributed by atoms with van der Waals surface area (Å²) >= 11 is 12.0. The highest BCUT2D eigenvalue weighted by Crippen LogP contribution is 2.28. The summed E-state index contributed by atoms with van der Waals surface area (Å²) in [5.41, 5.74) is 1.48. The third-order valence-electron chi connectivity index (χ3n) is 3.35. The first kappa shape index (κ1) is 18.2. The van der Waals surface area contributed by atoms with Crippen LogP contribution in [0.25, 0.3) is 0 Å². The van der Waals surface area contributed by atoms with Crippen LogP contribution < -0.4 is 20.1 Å². The van der Waals surface area contributed by atoms with Gasteiger partial charge < -0.3 is 20.1 Å². The number of carbonyl (C=O) groups is 1. The zero-order valence-corrected chi connectivity index (χ0v) is 14.9. The molecule has 0 aliphatic rings. The van der Waals surface area contributed by atoms with Gasteiger partial charge in [-0.15, -0.1) is 0 Å². The van der Waals surface area contributed by atoms with Crippen molar-refractivity contribution in [1.29, 1.82) is 0 Å². The van der Waals surface area contributed by atoms with Gasteiger partial charge in [0.2, 0.25) is 0 Å². The summed E-state index contributed by atoms with van der Waals surface area (Å²) < 4.78 is 10.4. The first-order valence-electron chi connectivity index (χ1n) is 7.24. The van der Waals surface area contributed by atoms with Crippen molar-refractivity contribution in [3.05, 3.63) is 52.0 Å². The Hall–Kier alpha value is -2.11. The maximum Gasteiger partial charge on any atom is 0.319 e. The predicted molar refractivity (Wildman–Crippen MR) is 96.7 cm³/mol. The Morgan fingerprint density at radius 1 is 1.08 bits per heavy atom. The fraction of sp³-hybridized carbons (Fsp3) is 0.235. The highest BCUT2D eigenvalue weighted by molar-refractivity contribution is 6.35. The fourth-order valence-corrected chi connectivity index (χ4v) is 2.61. The average Bonchev–Trinajstić information content (AvgIpc) is 2.57. The van der Waals surface area contributed by atoms with Crippen molar-refractivity contribution in [3.63, 3.8) is 0 Å². The summed E-state index contributed by atoms with van der Waals surface area (Å²) in [6.07, 6.45) is 0.600. The Morgan fingerprint density at radius 3 is 2.54 bits per heavy atom. The molecule has 2 aromatic carbocycles. The van der Waals surface area contributed by atoms with Crippen molar-refractivity contribution in [1.82, 2.24) is 5.32 Å². The van der Waals surface area contributed by atoms with E-state index < -0.39 is 0 Å². The van der Waals surface area contributed by atoms with Crippen LogP contribution in [-0.4, -0.2) is 26.8 Å². The minimum Gasteiger partial charge on any atom is -0.497 e. The van der Waals surface area contributed by atoms with Crippen LogP contribution in [0.1, 0.15) is 5.56 Å². The van der Waals surface area contributed by atoms with Crippen LogP contribution in [0.4, 0.5) is 10.5 Å². The van der Waals surface area contributed by atoms with Crippen LogP contribution in [0.2, 0.25) is 10.0 Å². The monoisotopic (exact) mass is 368 g/mol. The van der Waals surface area contributed by atoms with Gasteiger partial charge in [0.25, 0.3) is 0 Å². The van der Waals surface area contributed by atoms with Crippen LogP contribution in [-0.2, 0) is 6.42 Å². The summed E-state index contributed by atoms with van der Waals surface area (Å²) in [6, 6.07) is 10.1. The van der Waals surface area contributed by atoms with Gasteiger partial charge in [0.1, 0.15) is 11.5 Å². The molecule has 7 heteroatoms. The summed E-state index contributed by atoms with van der Waals surface area (Å²) in [5.74, 6) is 1.17. The predicted octanol–water partition coefficient (Wildman–Crippen LogP) is 4.37. The fourth-order valence-electron chi connectivity index (χ4n) is 2.10. The van der Waals surface area contributed by atoms with Crippen LogP contribution in [0.15, 0.2) is 36.4 Å². The molecule has 0 unspecified atom stereocenters. The van der Waals surface area contributed by atoms with E-state index in [2.05, 4.69) is 10.6 Å².